The van der Waals surface area contributed by atoms with E-state index < -0.39 is 0 Å². The number of rotatable bonds is 7. The zero-order valence-electron chi connectivity index (χ0n) is 12.9. The number of benzene rings is 1. The van der Waals surface area contributed by atoms with Gasteiger partial charge in [0.25, 0.3) is 0 Å². The van der Waals surface area contributed by atoms with Crippen molar-refractivity contribution < 1.29 is 4.39 Å². The van der Waals surface area contributed by atoms with Crippen LogP contribution in [0.15, 0.2) is 30.9 Å². The molecule has 0 radical (unpaired) electrons. The van der Waals surface area contributed by atoms with Crippen LogP contribution in [0.25, 0.3) is 0 Å². The molecule has 1 fully saturated rings. The highest BCUT2D eigenvalue weighted by atomic mass is 35.5. The normalized spacial score (nSPS) is 16.8. The molecule has 22 heavy (non-hydrogen) atoms. The Hall–Kier alpha value is -0.610. The molecule has 0 amide bonds. The SMILES string of the molecule is C=CCCCC[C@H](c1cc(Cl)ccc1F)N1CCNCC1.Cl. The lowest BCUT2D eigenvalue weighted by Crippen LogP contribution is -2.45. The first-order valence-electron chi connectivity index (χ1n) is 7.73. The molecule has 0 spiro atoms. The van der Waals surface area contributed by atoms with Crippen molar-refractivity contribution in [2.75, 3.05) is 26.2 Å². The van der Waals surface area contributed by atoms with Gasteiger partial charge in [0.2, 0.25) is 0 Å². The summed E-state index contributed by atoms with van der Waals surface area (Å²) in [7, 11) is 0. The highest BCUT2D eigenvalue weighted by Crippen LogP contribution is 2.30. The number of unbranched alkanes of at least 4 members (excludes halogenated alkanes) is 2. The van der Waals surface area contributed by atoms with Crippen LogP contribution >= 0.6 is 24.0 Å². The Labute approximate surface area is 144 Å². The van der Waals surface area contributed by atoms with Crippen LogP contribution in [0.4, 0.5) is 4.39 Å². The molecule has 2 nitrogen and oxygen atoms in total. The molecule has 1 N–H and O–H groups in total. The summed E-state index contributed by atoms with van der Waals surface area (Å²) < 4.78 is 14.2. The van der Waals surface area contributed by atoms with Crippen LogP contribution in [-0.4, -0.2) is 31.1 Å². The van der Waals surface area contributed by atoms with Crippen LogP contribution in [0, 0.1) is 5.82 Å². The Kier molecular flexibility index (Phi) is 9.03. The molecule has 0 unspecified atom stereocenters. The predicted octanol–water partition coefficient (Wildman–Crippen LogP) is 4.59. The topological polar surface area (TPSA) is 15.3 Å². The quantitative estimate of drug-likeness (QED) is 0.573. The second-order valence-corrected chi connectivity index (χ2v) is 5.98. The van der Waals surface area contributed by atoms with Gasteiger partial charge in [-0.1, -0.05) is 24.1 Å². The molecule has 0 aromatic heterocycles. The molecule has 0 saturated carbocycles. The van der Waals surface area contributed by atoms with Gasteiger partial charge in [-0.3, -0.25) is 4.90 Å². The van der Waals surface area contributed by atoms with E-state index in [4.69, 9.17) is 11.6 Å². The van der Waals surface area contributed by atoms with E-state index in [9.17, 15) is 4.39 Å². The Bertz CT molecular complexity index is 462. The fourth-order valence-corrected chi connectivity index (χ4v) is 3.11. The number of piperazine rings is 1. The fraction of sp³-hybridized carbons (Fsp3) is 0.529. The average molecular weight is 347 g/mol. The predicted molar refractivity (Wildman–Crippen MR) is 94.5 cm³/mol. The van der Waals surface area contributed by atoms with E-state index in [1.165, 1.54) is 6.07 Å². The summed E-state index contributed by atoms with van der Waals surface area (Å²) in [6.45, 7) is 7.60. The van der Waals surface area contributed by atoms with E-state index >= 15 is 0 Å². The molecule has 124 valence electrons. The summed E-state index contributed by atoms with van der Waals surface area (Å²) in [4.78, 5) is 2.37. The van der Waals surface area contributed by atoms with Crippen LogP contribution in [0.1, 0.15) is 37.3 Å². The monoisotopic (exact) mass is 346 g/mol. The second kappa shape index (κ2) is 10.2. The summed E-state index contributed by atoms with van der Waals surface area (Å²) in [5, 5.41) is 3.96. The maximum atomic E-state index is 14.2. The number of halogens is 3. The Balaban J connectivity index is 0.00000242. The lowest BCUT2D eigenvalue weighted by Gasteiger charge is -2.35. The van der Waals surface area contributed by atoms with Crippen molar-refractivity contribution in [3.63, 3.8) is 0 Å². The van der Waals surface area contributed by atoms with E-state index in [0.717, 1.165) is 57.4 Å². The molecule has 1 saturated heterocycles. The van der Waals surface area contributed by atoms with Crippen molar-refractivity contribution in [1.29, 1.82) is 0 Å². The van der Waals surface area contributed by atoms with Gasteiger partial charge in [0.1, 0.15) is 5.82 Å². The minimum Gasteiger partial charge on any atom is -0.314 e. The maximum Gasteiger partial charge on any atom is 0.128 e. The van der Waals surface area contributed by atoms with Crippen molar-refractivity contribution in [3.05, 3.63) is 47.3 Å². The zero-order chi connectivity index (χ0) is 15.1. The molecule has 0 bridgehead atoms. The average Bonchev–Trinajstić information content (AvgIpc) is 2.51. The maximum absolute atomic E-state index is 14.2. The van der Waals surface area contributed by atoms with Crippen molar-refractivity contribution >= 4 is 24.0 Å². The molecule has 2 rings (SSSR count). The van der Waals surface area contributed by atoms with Gasteiger partial charge < -0.3 is 5.32 Å². The summed E-state index contributed by atoms with van der Waals surface area (Å²) in [6.07, 6.45) is 6.11. The second-order valence-electron chi connectivity index (χ2n) is 5.54. The van der Waals surface area contributed by atoms with Gasteiger partial charge in [-0.25, -0.2) is 4.39 Å². The first-order valence-corrected chi connectivity index (χ1v) is 8.11. The lowest BCUT2D eigenvalue weighted by molar-refractivity contribution is 0.160. The smallest absolute Gasteiger partial charge is 0.128 e. The van der Waals surface area contributed by atoms with Gasteiger partial charge in [-0.2, -0.15) is 0 Å². The van der Waals surface area contributed by atoms with Crippen LogP contribution in [0.5, 0.6) is 0 Å². The third-order valence-electron chi connectivity index (χ3n) is 4.05. The number of nitrogens with one attached hydrogen (secondary N) is 1. The minimum absolute atomic E-state index is 0. The minimum atomic E-state index is -0.147. The third kappa shape index (κ3) is 5.54. The van der Waals surface area contributed by atoms with E-state index in [-0.39, 0.29) is 24.3 Å². The molecule has 1 aliphatic heterocycles. The van der Waals surface area contributed by atoms with Gasteiger partial charge in [-0.15, -0.1) is 19.0 Å². The number of allylic oxidation sites excluding steroid dienone is 1. The Morgan fingerprint density at radius 1 is 1.32 bits per heavy atom. The molecule has 1 atom stereocenters. The lowest BCUT2D eigenvalue weighted by atomic mass is 9.97. The largest absolute Gasteiger partial charge is 0.314 e. The Morgan fingerprint density at radius 2 is 2.05 bits per heavy atom. The van der Waals surface area contributed by atoms with Crippen LogP contribution in [-0.2, 0) is 0 Å². The van der Waals surface area contributed by atoms with Crippen molar-refractivity contribution in [1.82, 2.24) is 10.2 Å². The van der Waals surface area contributed by atoms with E-state index in [2.05, 4.69) is 16.8 Å². The van der Waals surface area contributed by atoms with Gasteiger partial charge in [-0.05, 0) is 37.5 Å². The van der Waals surface area contributed by atoms with Crippen LogP contribution in [0.3, 0.4) is 0 Å². The van der Waals surface area contributed by atoms with Crippen molar-refractivity contribution in [2.24, 2.45) is 0 Å². The summed E-state index contributed by atoms with van der Waals surface area (Å²) >= 11 is 6.07. The Morgan fingerprint density at radius 3 is 2.73 bits per heavy atom. The summed E-state index contributed by atoms with van der Waals surface area (Å²) in [5.41, 5.74) is 0.739. The molecule has 1 aromatic carbocycles. The van der Waals surface area contributed by atoms with E-state index in [1.807, 2.05) is 6.08 Å². The van der Waals surface area contributed by atoms with Crippen LogP contribution in [0.2, 0.25) is 5.02 Å². The molecule has 1 aliphatic rings. The molecule has 5 heteroatoms. The first kappa shape index (κ1) is 19.4. The number of nitrogens with zero attached hydrogens (tertiary/aromatic N) is 1. The first-order chi connectivity index (χ1) is 10.2. The molecule has 0 aliphatic carbocycles. The summed E-state index contributed by atoms with van der Waals surface area (Å²) in [6, 6.07) is 5.01. The molecular weight excluding hydrogens is 322 g/mol. The van der Waals surface area contributed by atoms with Gasteiger partial charge in [0, 0.05) is 42.8 Å². The number of hydrogen-bond donors (Lipinski definition) is 1. The highest BCUT2D eigenvalue weighted by molar-refractivity contribution is 6.30. The molecular formula is C17H25Cl2FN2. The molecule has 1 heterocycles. The van der Waals surface area contributed by atoms with Crippen molar-refractivity contribution in [2.45, 2.75) is 31.7 Å². The number of hydrogen-bond acceptors (Lipinski definition) is 2. The van der Waals surface area contributed by atoms with E-state index in [1.54, 1.807) is 12.1 Å². The summed E-state index contributed by atoms with van der Waals surface area (Å²) in [5.74, 6) is -0.147. The standard InChI is InChI=1S/C17H24ClFN2.ClH/c1-2-3-4-5-6-17(21-11-9-20-10-12-21)15-13-14(18)7-8-16(15)19;/h2,7-8,13,17,20H,1,3-6,9-12H2;1H/t17-;/m1./s1. The van der Waals surface area contributed by atoms with Crippen LogP contribution < -0.4 is 5.32 Å². The van der Waals surface area contributed by atoms with Gasteiger partial charge >= 0.3 is 0 Å². The van der Waals surface area contributed by atoms with Gasteiger partial charge in [0.15, 0.2) is 0 Å². The van der Waals surface area contributed by atoms with E-state index in [0.29, 0.717) is 5.02 Å². The van der Waals surface area contributed by atoms with Crippen molar-refractivity contribution in [3.8, 4) is 0 Å². The third-order valence-corrected chi connectivity index (χ3v) is 4.28. The molecule has 1 aromatic rings. The highest BCUT2D eigenvalue weighted by Gasteiger charge is 2.24. The van der Waals surface area contributed by atoms with Gasteiger partial charge in [0.05, 0.1) is 0 Å². The fourth-order valence-electron chi connectivity index (χ4n) is 2.92. The zero-order valence-corrected chi connectivity index (χ0v) is 14.4.